The monoisotopic (exact) mass is 235 g/mol. The van der Waals surface area contributed by atoms with Crippen molar-refractivity contribution in [2.45, 2.75) is 57.4 Å². The standard InChI is InChI=1S/C13H21N3O/c1-2-4-8-16-12(7-3-1)14-15-13(16)11-6-5-9-17-10-11/h11H,1-10H2. The summed E-state index contributed by atoms with van der Waals surface area (Å²) in [6.45, 7) is 2.85. The fraction of sp³-hybridized carbons (Fsp3) is 0.846. The van der Waals surface area contributed by atoms with E-state index in [4.69, 9.17) is 4.74 Å². The molecule has 0 amide bonds. The van der Waals surface area contributed by atoms with Crippen molar-refractivity contribution in [3.8, 4) is 0 Å². The predicted molar refractivity (Wildman–Crippen MR) is 65.0 cm³/mol. The highest BCUT2D eigenvalue weighted by Gasteiger charge is 2.23. The van der Waals surface area contributed by atoms with E-state index in [9.17, 15) is 0 Å². The molecule has 0 aliphatic carbocycles. The van der Waals surface area contributed by atoms with E-state index in [-0.39, 0.29) is 0 Å². The molecule has 94 valence electrons. The van der Waals surface area contributed by atoms with Gasteiger partial charge in [0.05, 0.1) is 6.61 Å². The Morgan fingerprint density at radius 3 is 2.88 bits per heavy atom. The molecule has 3 rings (SSSR count). The number of hydrogen-bond donors (Lipinski definition) is 0. The van der Waals surface area contributed by atoms with Gasteiger partial charge in [0.2, 0.25) is 0 Å². The van der Waals surface area contributed by atoms with Crippen LogP contribution in [0.15, 0.2) is 0 Å². The second-order valence-electron chi connectivity index (χ2n) is 5.20. The number of fused-ring (bicyclic) bond motifs is 1. The van der Waals surface area contributed by atoms with Crippen LogP contribution in [-0.4, -0.2) is 28.0 Å². The average Bonchev–Trinajstić information content (AvgIpc) is 2.72. The molecule has 2 aliphatic rings. The molecular weight excluding hydrogens is 214 g/mol. The lowest BCUT2D eigenvalue weighted by Gasteiger charge is -2.23. The van der Waals surface area contributed by atoms with Crippen molar-refractivity contribution in [1.82, 2.24) is 14.8 Å². The third-order valence-corrected chi connectivity index (χ3v) is 3.91. The summed E-state index contributed by atoms with van der Waals surface area (Å²) >= 11 is 0. The van der Waals surface area contributed by atoms with Gasteiger partial charge in [0.25, 0.3) is 0 Å². The first-order chi connectivity index (χ1) is 8.45. The van der Waals surface area contributed by atoms with Crippen molar-refractivity contribution < 1.29 is 4.74 Å². The largest absolute Gasteiger partial charge is 0.381 e. The van der Waals surface area contributed by atoms with Crippen LogP contribution in [0, 0.1) is 0 Å². The summed E-state index contributed by atoms with van der Waals surface area (Å²) in [6, 6.07) is 0. The fourth-order valence-corrected chi connectivity index (χ4v) is 2.93. The molecule has 1 aromatic rings. The summed E-state index contributed by atoms with van der Waals surface area (Å²) in [6.07, 6.45) is 8.68. The Bertz CT molecular complexity index is 369. The minimum atomic E-state index is 0.476. The maximum Gasteiger partial charge on any atom is 0.138 e. The van der Waals surface area contributed by atoms with Gasteiger partial charge in [0, 0.05) is 25.5 Å². The smallest absolute Gasteiger partial charge is 0.138 e. The quantitative estimate of drug-likeness (QED) is 0.749. The number of hydrogen-bond acceptors (Lipinski definition) is 3. The van der Waals surface area contributed by atoms with Crippen molar-refractivity contribution in [1.29, 1.82) is 0 Å². The highest BCUT2D eigenvalue weighted by Crippen LogP contribution is 2.26. The lowest BCUT2D eigenvalue weighted by Crippen LogP contribution is -2.20. The van der Waals surface area contributed by atoms with Gasteiger partial charge < -0.3 is 9.30 Å². The molecule has 17 heavy (non-hydrogen) atoms. The van der Waals surface area contributed by atoms with Crippen LogP contribution < -0.4 is 0 Å². The molecule has 4 heteroatoms. The van der Waals surface area contributed by atoms with Crippen LogP contribution in [0.4, 0.5) is 0 Å². The first-order valence-electron chi connectivity index (χ1n) is 6.95. The van der Waals surface area contributed by atoms with Crippen LogP contribution in [0.25, 0.3) is 0 Å². The van der Waals surface area contributed by atoms with Crippen LogP contribution in [-0.2, 0) is 17.7 Å². The van der Waals surface area contributed by atoms with Gasteiger partial charge in [0.15, 0.2) is 0 Å². The molecule has 1 atom stereocenters. The Labute approximate surface area is 102 Å². The second-order valence-corrected chi connectivity index (χ2v) is 5.20. The Hall–Kier alpha value is -0.900. The van der Waals surface area contributed by atoms with Gasteiger partial charge in [-0.05, 0) is 25.7 Å². The Morgan fingerprint density at radius 1 is 1.06 bits per heavy atom. The fourth-order valence-electron chi connectivity index (χ4n) is 2.93. The van der Waals surface area contributed by atoms with E-state index in [0.29, 0.717) is 5.92 Å². The van der Waals surface area contributed by atoms with Crippen LogP contribution in [0.3, 0.4) is 0 Å². The molecule has 2 aliphatic heterocycles. The van der Waals surface area contributed by atoms with Crippen LogP contribution in [0.2, 0.25) is 0 Å². The summed E-state index contributed by atoms with van der Waals surface area (Å²) in [4.78, 5) is 0. The van der Waals surface area contributed by atoms with Crippen LogP contribution >= 0.6 is 0 Å². The SMILES string of the molecule is C1CCCn2c(nnc2C2CCCOC2)CC1. The van der Waals surface area contributed by atoms with E-state index in [2.05, 4.69) is 14.8 Å². The Balaban J connectivity index is 1.83. The van der Waals surface area contributed by atoms with Crippen molar-refractivity contribution in [2.75, 3.05) is 13.2 Å². The highest BCUT2D eigenvalue weighted by atomic mass is 16.5. The predicted octanol–water partition coefficient (Wildman–Crippen LogP) is 2.29. The van der Waals surface area contributed by atoms with Gasteiger partial charge in [-0.3, -0.25) is 0 Å². The average molecular weight is 235 g/mol. The molecule has 0 N–H and O–H groups in total. The summed E-state index contributed by atoms with van der Waals surface area (Å²) in [5, 5.41) is 8.83. The Morgan fingerprint density at radius 2 is 2.00 bits per heavy atom. The lowest BCUT2D eigenvalue weighted by molar-refractivity contribution is 0.0767. The van der Waals surface area contributed by atoms with Gasteiger partial charge >= 0.3 is 0 Å². The molecule has 3 heterocycles. The zero-order chi connectivity index (χ0) is 11.5. The third-order valence-electron chi connectivity index (χ3n) is 3.91. The van der Waals surface area contributed by atoms with E-state index in [1.807, 2.05) is 0 Å². The summed E-state index contributed by atoms with van der Waals surface area (Å²) in [7, 11) is 0. The summed E-state index contributed by atoms with van der Waals surface area (Å²) in [5.74, 6) is 2.86. The normalized spacial score (nSPS) is 26.0. The van der Waals surface area contributed by atoms with Crippen molar-refractivity contribution in [3.63, 3.8) is 0 Å². The molecule has 1 unspecified atom stereocenters. The molecule has 0 bridgehead atoms. The summed E-state index contributed by atoms with van der Waals surface area (Å²) in [5.41, 5.74) is 0. The molecule has 1 aromatic heterocycles. The minimum absolute atomic E-state index is 0.476. The number of nitrogens with zero attached hydrogens (tertiary/aromatic N) is 3. The topological polar surface area (TPSA) is 39.9 Å². The molecule has 0 aromatic carbocycles. The minimum Gasteiger partial charge on any atom is -0.381 e. The summed E-state index contributed by atoms with van der Waals surface area (Å²) < 4.78 is 7.95. The highest BCUT2D eigenvalue weighted by molar-refractivity contribution is 5.04. The van der Waals surface area contributed by atoms with Crippen LogP contribution in [0.1, 0.15) is 56.1 Å². The molecule has 0 spiro atoms. The first kappa shape index (κ1) is 11.2. The van der Waals surface area contributed by atoms with Crippen molar-refractivity contribution in [3.05, 3.63) is 11.6 Å². The maximum atomic E-state index is 5.57. The zero-order valence-corrected chi connectivity index (χ0v) is 10.4. The maximum absolute atomic E-state index is 5.57. The molecular formula is C13H21N3O. The van der Waals surface area contributed by atoms with Gasteiger partial charge in [-0.1, -0.05) is 12.8 Å². The van der Waals surface area contributed by atoms with Gasteiger partial charge in [0.1, 0.15) is 11.6 Å². The first-order valence-corrected chi connectivity index (χ1v) is 6.95. The van der Waals surface area contributed by atoms with E-state index < -0.39 is 0 Å². The number of ether oxygens (including phenoxy) is 1. The number of rotatable bonds is 1. The van der Waals surface area contributed by atoms with E-state index >= 15 is 0 Å². The third kappa shape index (κ3) is 2.37. The Kier molecular flexibility index (Phi) is 3.41. The van der Waals surface area contributed by atoms with Gasteiger partial charge in [-0.2, -0.15) is 0 Å². The van der Waals surface area contributed by atoms with Crippen LogP contribution in [0.5, 0.6) is 0 Å². The van der Waals surface area contributed by atoms with E-state index in [0.717, 1.165) is 32.6 Å². The zero-order valence-electron chi connectivity index (χ0n) is 10.4. The van der Waals surface area contributed by atoms with Crippen molar-refractivity contribution in [2.24, 2.45) is 0 Å². The molecule has 1 saturated heterocycles. The molecule has 4 nitrogen and oxygen atoms in total. The van der Waals surface area contributed by atoms with Crippen molar-refractivity contribution >= 4 is 0 Å². The molecule has 0 saturated carbocycles. The van der Waals surface area contributed by atoms with E-state index in [1.54, 1.807) is 0 Å². The van der Waals surface area contributed by atoms with Gasteiger partial charge in [-0.25, -0.2) is 0 Å². The van der Waals surface area contributed by atoms with E-state index in [1.165, 1.54) is 43.8 Å². The second kappa shape index (κ2) is 5.17. The number of aromatic nitrogens is 3. The van der Waals surface area contributed by atoms with Gasteiger partial charge in [-0.15, -0.1) is 10.2 Å². The lowest BCUT2D eigenvalue weighted by atomic mass is 10.0. The molecule has 1 fully saturated rings. The molecule has 0 radical (unpaired) electrons. The number of aryl methyl sites for hydroxylation is 1.